The second kappa shape index (κ2) is 5.86. The minimum Gasteiger partial charge on any atom is -0.335 e. The van der Waals surface area contributed by atoms with Crippen molar-refractivity contribution < 1.29 is 4.79 Å². The Labute approximate surface area is 125 Å². The van der Waals surface area contributed by atoms with E-state index in [0.717, 1.165) is 37.0 Å². The molecule has 3 rings (SSSR count). The van der Waals surface area contributed by atoms with Gasteiger partial charge in [-0.1, -0.05) is 13.3 Å². The number of amides is 1. The molecule has 0 unspecified atom stereocenters. The van der Waals surface area contributed by atoms with Gasteiger partial charge in [-0.15, -0.1) is 11.3 Å². The van der Waals surface area contributed by atoms with Crippen LogP contribution in [0.3, 0.4) is 0 Å². The smallest absolute Gasteiger partial charge is 0.264 e. The predicted octanol–water partition coefficient (Wildman–Crippen LogP) is 2.65. The molecule has 0 N–H and O–H groups in total. The van der Waals surface area contributed by atoms with E-state index in [1.165, 1.54) is 36.1 Å². The van der Waals surface area contributed by atoms with Crippen LogP contribution in [0, 0.1) is 5.92 Å². The van der Waals surface area contributed by atoms with Gasteiger partial charge < -0.3 is 9.80 Å². The first-order chi connectivity index (χ1) is 9.67. The fourth-order valence-electron chi connectivity index (χ4n) is 3.22. The lowest BCUT2D eigenvalue weighted by Gasteiger charge is -2.32. The van der Waals surface area contributed by atoms with Gasteiger partial charge in [-0.2, -0.15) is 0 Å². The summed E-state index contributed by atoms with van der Waals surface area (Å²) in [4.78, 5) is 19.3. The van der Waals surface area contributed by atoms with Crippen LogP contribution in [-0.4, -0.2) is 48.9 Å². The third-order valence-corrected chi connectivity index (χ3v) is 5.99. The van der Waals surface area contributed by atoms with Gasteiger partial charge >= 0.3 is 0 Å². The first-order valence-electron chi connectivity index (χ1n) is 7.76. The SMILES string of the molecule is CC[C@H]1CCc2sc(C(=O)N3CCN(C)CC3)cc2C1. The van der Waals surface area contributed by atoms with Crippen LogP contribution in [0.2, 0.25) is 0 Å². The molecule has 0 radical (unpaired) electrons. The highest BCUT2D eigenvalue weighted by atomic mass is 32.1. The molecular weight excluding hydrogens is 268 g/mol. The Bertz CT molecular complexity index is 489. The third-order valence-electron chi connectivity index (χ3n) is 4.76. The van der Waals surface area contributed by atoms with Crippen LogP contribution in [0.15, 0.2) is 6.07 Å². The lowest BCUT2D eigenvalue weighted by molar-refractivity contribution is 0.0669. The van der Waals surface area contributed by atoms with E-state index in [4.69, 9.17) is 0 Å². The zero-order chi connectivity index (χ0) is 14.1. The fraction of sp³-hybridized carbons (Fsp3) is 0.688. The number of carbonyl (C=O) groups excluding carboxylic acids is 1. The highest BCUT2D eigenvalue weighted by Crippen LogP contribution is 2.34. The molecule has 1 aromatic rings. The van der Waals surface area contributed by atoms with Crippen molar-refractivity contribution in [1.29, 1.82) is 0 Å². The van der Waals surface area contributed by atoms with E-state index in [1.807, 2.05) is 4.90 Å². The molecule has 1 fully saturated rings. The molecule has 0 aromatic carbocycles. The quantitative estimate of drug-likeness (QED) is 0.836. The van der Waals surface area contributed by atoms with E-state index in [-0.39, 0.29) is 5.91 Å². The third kappa shape index (κ3) is 2.77. The highest BCUT2D eigenvalue weighted by Gasteiger charge is 2.25. The second-order valence-electron chi connectivity index (χ2n) is 6.17. The van der Waals surface area contributed by atoms with Crippen molar-refractivity contribution in [3.63, 3.8) is 0 Å². The Morgan fingerprint density at radius 2 is 2.10 bits per heavy atom. The molecule has 0 bridgehead atoms. The summed E-state index contributed by atoms with van der Waals surface area (Å²) in [7, 11) is 2.12. The van der Waals surface area contributed by atoms with Crippen LogP contribution in [0.25, 0.3) is 0 Å². The van der Waals surface area contributed by atoms with Gasteiger partial charge in [0.25, 0.3) is 5.91 Å². The molecule has 4 heteroatoms. The second-order valence-corrected chi connectivity index (χ2v) is 7.31. The summed E-state index contributed by atoms with van der Waals surface area (Å²) >= 11 is 1.75. The molecule has 0 spiro atoms. The number of nitrogens with zero attached hydrogens (tertiary/aromatic N) is 2. The molecule has 110 valence electrons. The van der Waals surface area contributed by atoms with Crippen molar-refractivity contribution in [3.8, 4) is 0 Å². The first kappa shape index (κ1) is 14.1. The fourth-order valence-corrected chi connectivity index (χ4v) is 4.39. The summed E-state index contributed by atoms with van der Waals surface area (Å²) in [5, 5.41) is 0. The molecule has 0 saturated carbocycles. The summed E-state index contributed by atoms with van der Waals surface area (Å²) in [6.45, 7) is 6.01. The van der Waals surface area contributed by atoms with Crippen molar-refractivity contribution in [2.45, 2.75) is 32.6 Å². The molecule has 2 aliphatic rings. The van der Waals surface area contributed by atoms with Crippen LogP contribution in [0.5, 0.6) is 0 Å². The molecule has 1 aromatic heterocycles. The minimum absolute atomic E-state index is 0.255. The van der Waals surface area contributed by atoms with Gasteiger partial charge in [-0.3, -0.25) is 4.79 Å². The molecular formula is C16H24N2OS. The molecule has 1 aliphatic carbocycles. The van der Waals surface area contributed by atoms with Gasteiger partial charge in [0.1, 0.15) is 0 Å². The number of carbonyl (C=O) groups is 1. The number of rotatable bonds is 2. The number of hydrogen-bond acceptors (Lipinski definition) is 3. The molecule has 1 aliphatic heterocycles. The van der Waals surface area contributed by atoms with Crippen molar-refractivity contribution in [2.24, 2.45) is 5.92 Å². The lowest BCUT2D eigenvalue weighted by atomic mass is 9.87. The number of piperazine rings is 1. The molecule has 3 nitrogen and oxygen atoms in total. The normalized spacial score (nSPS) is 23.7. The number of fused-ring (bicyclic) bond motifs is 1. The van der Waals surface area contributed by atoms with Crippen LogP contribution >= 0.6 is 11.3 Å². The van der Waals surface area contributed by atoms with Gasteiger partial charge in [0.15, 0.2) is 0 Å². The molecule has 2 heterocycles. The Morgan fingerprint density at radius 3 is 2.80 bits per heavy atom. The zero-order valence-corrected chi connectivity index (χ0v) is 13.3. The van der Waals surface area contributed by atoms with Crippen LogP contribution in [-0.2, 0) is 12.8 Å². The highest BCUT2D eigenvalue weighted by molar-refractivity contribution is 7.14. The van der Waals surface area contributed by atoms with E-state index in [9.17, 15) is 4.79 Å². The van der Waals surface area contributed by atoms with Crippen LogP contribution in [0.4, 0.5) is 0 Å². The molecule has 1 atom stereocenters. The Morgan fingerprint density at radius 1 is 1.35 bits per heavy atom. The standard InChI is InChI=1S/C16H24N2OS/c1-3-12-4-5-14-13(10-12)11-15(20-14)16(19)18-8-6-17(2)7-9-18/h11-12H,3-10H2,1-2H3/t12-/m0/s1. The van der Waals surface area contributed by atoms with Gasteiger partial charge in [-0.05, 0) is 43.9 Å². The summed E-state index contributed by atoms with van der Waals surface area (Å²) < 4.78 is 0. The number of thiophene rings is 1. The maximum absolute atomic E-state index is 12.6. The van der Waals surface area contributed by atoms with Crippen LogP contribution < -0.4 is 0 Å². The monoisotopic (exact) mass is 292 g/mol. The van der Waals surface area contributed by atoms with Gasteiger partial charge in [0.2, 0.25) is 0 Å². The maximum Gasteiger partial charge on any atom is 0.264 e. The predicted molar refractivity (Wildman–Crippen MR) is 83.5 cm³/mol. The average Bonchev–Trinajstić information content (AvgIpc) is 2.90. The number of likely N-dealkylation sites (N-methyl/N-ethyl adjacent to an activating group) is 1. The summed E-state index contributed by atoms with van der Waals surface area (Å²) in [6.07, 6.45) is 4.91. The minimum atomic E-state index is 0.255. The largest absolute Gasteiger partial charge is 0.335 e. The summed E-state index contributed by atoms with van der Waals surface area (Å²) in [5.41, 5.74) is 1.45. The summed E-state index contributed by atoms with van der Waals surface area (Å²) in [5.74, 6) is 1.08. The Hall–Kier alpha value is -0.870. The van der Waals surface area contributed by atoms with Gasteiger partial charge in [-0.25, -0.2) is 0 Å². The van der Waals surface area contributed by atoms with E-state index in [1.54, 1.807) is 11.3 Å². The van der Waals surface area contributed by atoms with E-state index >= 15 is 0 Å². The average molecular weight is 292 g/mol. The number of hydrogen-bond donors (Lipinski definition) is 0. The van der Waals surface area contributed by atoms with E-state index in [2.05, 4.69) is 24.9 Å². The van der Waals surface area contributed by atoms with Crippen molar-refractivity contribution in [3.05, 3.63) is 21.4 Å². The first-order valence-corrected chi connectivity index (χ1v) is 8.58. The maximum atomic E-state index is 12.6. The zero-order valence-electron chi connectivity index (χ0n) is 12.5. The Balaban J connectivity index is 1.72. The molecule has 1 saturated heterocycles. The van der Waals surface area contributed by atoms with Gasteiger partial charge in [0, 0.05) is 31.1 Å². The van der Waals surface area contributed by atoms with E-state index in [0.29, 0.717) is 0 Å². The van der Waals surface area contributed by atoms with Crippen molar-refractivity contribution >= 4 is 17.2 Å². The summed E-state index contributed by atoms with van der Waals surface area (Å²) in [6, 6.07) is 2.18. The van der Waals surface area contributed by atoms with Crippen molar-refractivity contribution in [2.75, 3.05) is 33.2 Å². The van der Waals surface area contributed by atoms with E-state index < -0.39 is 0 Å². The Kier molecular flexibility index (Phi) is 4.13. The topological polar surface area (TPSA) is 23.6 Å². The number of aryl methyl sites for hydroxylation is 1. The molecule has 20 heavy (non-hydrogen) atoms. The van der Waals surface area contributed by atoms with Crippen molar-refractivity contribution in [1.82, 2.24) is 9.80 Å². The molecule has 1 amide bonds. The van der Waals surface area contributed by atoms with Gasteiger partial charge in [0.05, 0.1) is 4.88 Å². The lowest BCUT2D eigenvalue weighted by Crippen LogP contribution is -2.46. The van der Waals surface area contributed by atoms with Crippen LogP contribution in [0.1, 0.15) is 39.9 Å².